The Hall–Kier alpha value is -2.49. The van der Waals surface area contributed by atoms with Crippen LogP contribution in [0.25, 0.3) is 0 Å². The summed E-state index contributed by atoms with van der Waals surface area (Å²) in [6.45, 7) is 7.25. The van der Waals surface area contributed by atoms with Crippen LogP contribution in [0.15, 0.2) is 48.5 Å². The van der Waals surface area contributed by atoms with Gasteiger partial charge in [-0.05, 0) is 43.2 Å². The van der Waals surface area contributed by atoms with Gasteiger partial charge in [0.05, 0.1) is 18.9 Å². The monoisotopic (exact) mass is 313 g/mol. The first-order chi connectivity index (χ1) is 11.1. The Kier molecular flexibility index (Phi) is 6.03. The Bertz CT molecular complexity index is 653. The van der Waals surface area contributed by atoms with Gasteiger partial charge in [-0.2, -0.15) is 0 Å². The topological polar surface area (TPSA) is 47.6 Å². The number of carbonyl (C=O) groups excluding carboxylic acids is 1. The van der Waals surface area contributed by atoms with Crippen LogP contribution >= 0.6 is 0 Å². The number of rotatable bonds is 7. The van der Waals surface area contributed by atoms with Gasteiger partial charge in [-0.3, -0.25) is 4.79 Å². The van der Waals surface area contributed by atoms with Crippen LogP contribution in [0.2, 0.25) is 0 Å². The van der Waals surface area contributed by atoms with E-state index in [9.17, 15) is 4.79 Å². The van der Waals surface area contributed by atoms with Gasteiger partial charge in [-0.25, -0.2) is 0 Å². The maximum atomic E-state index is 12.4. The first kappa shape index (κ1) is 16.9. The van der Waals surface area contributed by atoms with Gasteiger partial charge in [-0.1, -0.05) is 32.0 Å². The number of amides is 1. The van der Waals surface area contributed by atoms with Crippen LogP contribution in [-0.2, 0) is 0 Å². The molecule has 122 valence electrons. The summed E-state index contributed by atoms with van der Waals surface area (Å²) in [5, 5.41) is 2.90. The second-order valence-corrected chi connectivity index (χ2v) is 5.62. The summed E-state index contributed by atoms with van der Waals surface area (Å²) < 4.78 is 11.2. The van der Waals surface area contributed by atoms with Crippen LogP contribution in [0.4, 0.5) is 5.69 Å². The molecule has 0 aliphatic carbocycles. The molecule has 4 nitrogen and oxygen atoms in total. The molecule has 23 heavy (non-hydrogen) atoms. The summed E-state index contributed by atoms with van der Waals surface area (Å²) in [4.78, 5) is 12.4. The molecule has 0 heterocycles. The van der Waals surface area contributed by atoms with E-state index < -0.39 is 0 Å². The molecule has 0 unspecified atom stereocenters. The number of carbonyl (C=O) groups is 1. The van der Waals surface area contributed by atoms with Crippen molar-refractivity contribution in [3.05, 3.63) is 54.1 Å². The zero-order chi connectivity index (χ0) is 16.7. The average Bonchev–Trinajstić information content (AvgIpc) is 2.54. The average molecular weight is 313 g/mol. The molecule has 0 aliphatic rings. The minimum Gasteiger partial charge on any atom is -0.494 e. The van der Waals surface area contributed by atoms with Crippen molar-refractivity contribution in [2.75, 3.05) is 18.5 Å². The van der Waals surface area contributed by atoms with Crippen molar-refractivity contribution in [1.29, 1.82) is 0 Å². The van der Waals surface area contributed by atoms with Crippen LogP contribution in [0, 0.1) is 5.92 Å². The van der Waals surface area contributed by atoms with Crippen LogP contribution in [0.3, 0.4) is 0 Å². The maximum absolute atomic E-state index is 12.4. The minimum atomic E-state index is -0.188. The number of para-hydroxylation sites is 2. The third-order valence-corrected chi connectivity index (χ3v) is 3.11. The van der Waals surface area contributed by atoms with Crippen molar-refractivity contribution >= 4 is 11.6 Å². The Morgan fingerprint density at radius 3 is 2.61 bits per heavy atom. The Labute approximate surface area is 137 Å². The largest absolute Gasteiger partial charge is 0.494 e. The molecule has 0 aliphatic heterocycles. The second-order valence-electron chi connectivity index (χ2n) is 5.62. The lowest BCUT2D eigenvalue weighted by Gasteiger charge is -2.14. The van der Waals surface area contributed by atoms with Crippen LogP contribution < -0.4 is 14.8 Å². The fraction of sp³-hybridized carbons (Fsp3) is 0.316. The normalized spacial score (nSPS) is 10.4. The SMILES string of the molecule is CCOc1cccc(C(=O)Nc2ccccc2OCC(C)C)c1. The predicted octanol–water partition coefficient (Wildman–Crippen LogP) is 4.37. The van der Waals surface area contributed by atoms with Crippen molar-refractivity contribution < 1.29 is 14.3 Å². The van der Waals surface area contributed by atoms with Gasteiger partial charge in [0.25, 0.3) is 5.91 Å². The van der Waals surface area contributed by atoms with E-state index in [2.05, 4.69) is 19.2 Å². The summed E-state index contributed by atoms with van der Waals surface area (Å²) in [6, 6.07) is 14.6. The number of hydrogen-bond acceptors (Lipinski definition) is 3. The van der Waals surface area contributed by atoms with Gasteiger partial charge in [0, 0.05) is 5.56 Å². The van der Waals surface area contributed by atoms with Crippen molar-refractivity contribution in [1.82, 2.24) is 0 Å². The fourth-order valence-corrected chi connectivity index (χ4v) is 2.04. The van der Waals surface area contributed by atoms with Gasteiger partial charge in [0.2, 0.25) is 0 Å². The van der Waals surface area contributed by atoms with E-state index in [0.717, 1.165) is 0 Å². The molecule has 0 atom stereocenters. The van der Waals surface area contributed by atoms with Gasteiger partial charge in [0.1, 0.15) is 11.5 Å². The first-order valence-electron chi connectivity index (χ1n) is 7.86. The van der Waals surface area contributed by atoms with Crippen molar-refractivity contribution in [2.45, 2.75) is 20.8 Å². The van der Waals surface area contributed by atoms with Crippen LogP contribution in [0.1, 0.15) is 31.1 Å². The third-order valence-electron chi connectivity index (χ3n) is 3.11. The molecule has 1 N–H and O–H groups in total. The molecule has 2 aromatic rings. The van der Waals surface area contributed by atoms with E-state index in [1.165, 1.54) is 0 Å². The highest BCUT2D eigenvalue weighted by atomic mass is 16.5. The van der Waals surface area contributed by atoms with E-state index in [1.807, 2.05) is 37.3 Å². The molecule has 0 fully saturated rings. The molecule has 2 rings (SSSR count). The predicted molar refractivity (Wildman–Crippen MR) is 92.3 cm³/mol. The van der Waals surface area contributed by atoms with Gasteiger partial charge >= 0.3 is 0 Å². The summed E-state index contributed by atoms with van der Waals surface area (Å²) in [5.41, 5.74) is 1.22. The minimum absolute atomic E-state index is 0.188. The maximum Gasteiger partial charge on any atom is 0.255 e. The molecule has 0 bridgehead atoms. The van der Waals surface area contributed by atoms with Crippen molar-refractivity contribution in [2.24, 2.45) is 5.92 Å². The van der Waals surface area contributed by atoms with Gasteiger partial charge in [-0.15, -0.1) is 0 Å². The highest BCUT2D eigenvalue weighted by molar-refractivity contribution is 6.05. The van der Waals surface area contributed by atoms with Crippen molar-refractivity contribution in [3.63, 3.8) is 0 Å². The van der Waals surface area contributed by atoms with Crippen LogP contribution in [-0.4, -0.2) is 19.1 Å². The molecule has 0 radical (unpaired) electrons. The molecule has 4 heteroatoms. The summed E-state index contributed by atoms with van der Waals surface area (Å²) in [6.07, 6.45) is 0. The highest BCUT2D eigenvalue weighted by Crippen LogP contribution is 2.25. The molecule has 0 spiro atoms. The summed E-state index contributed by atoms with van der Waals surface area (Å²) in [7, 11) is 0. The lowest BCUT2D eigenvalue weighted by molar-refractivity contribution is 0.102. The van der Waals surface area contributed by atoms with E-state index in [1.54, 1.807) is 18.2 Å². The quantitative estimate of drug-likeness (QED) is 0.825. The van der Waals surface area contributed by atoms with E-state index in [4.69, 9.17) is 9.47 Å². The molecular formula is C19H23NO3. The Morgan fingerprint density at radius 1 is 1.09 bits per heavy atom. The molecular weight excluding hydrogens is 290 g/mol. The van der Waals surface area contributed by atoms with Crippen LogP contribution in [0.5, 0.6) is 11.5 Å². The number of nitrogens with one attached hydrogen (secondary N) is 1. The molecule has 0 saturated carbocycles. The molecule has 2 aromatic carbocycles. The number of ether oxygens (including phenoxy) is 2. The fourth-order valence-electron chi connectivity index (χ4n) is 2.04. The number of hydrogen-bond donors (Lipinski definition) is 1. The summed E-state index contributed by atoms with van der Waals surface area (Å²) >= 11 is 0. The highest BCUT2D eigenvalue weighted by Gasteiger charge is 2.11. The van der Waals surface area contributed by atoms with Gasteiger partial charge in [0.15, 0.2) is 0 Å². The second kappa shape index (κ2) is 8.22. The number of anilines is 1. The molecule has 1 amide bonds. The van der Waals surface area contributed by atoms with Gasteiger partial charge < -0.3 is 14.8 Å². The standard InChI is InChI=1S/C19H23NO3/c1-4-22-16-9-7-8-15(12-16)19(21)20-17-10-5-6-11-18(17)23-13-14(2)3/h5-12,14H,4,13H2,1-3H3,(H,20,21). The third kappa shape index (κ3) is 5.02. The summed E-state index contributed by atoms with van der Waals surface area (Å²) in [5.74, 6) is 1.59. The van der Waals surface area contributed by atoms with E-state index >= 15 is 0 Å². The lowest BCUT2D eigenvalue weighted by atomic mass is 10.2. The molecule has 0 saturated heterocycles. The lowest BCUT2D eigenvalue weighted by Crippen LogP contribution is -2.14. The zero-order valence-corrected chi connectivity index (χ0v) is 13.8. The van der Waals surface area contributed by atoms with E-state index in [-0.39, 0.29) is 5.91 Å². The van der Waals surface area contributed by atoms with E-state index in [0.29, 0.717) is 41.9 Å². The first-order valence-corrected chi connectivity index (χ1v) is 7.86. The smallest absolute Gasteiger partial charge is 0.255 e. The van der Waals surface area contributed by atoms with Crippen molar-refractivity contribution in [3.8, 4) is 11.5 Å². The molecule has 0 aromatic heterocycles. The number of benzene rings is 2. The Morgan fingerprint density at radius 2 is 1.87 bits per heavy atom. The Balaban J connectivity index is 2.12. The zero-order valence-electron chi connectivity index (χ0n) is 13.8.